The molecule has 1 fully saturated rings. The number of aliphatic imine (C=N–C) groups is 1. The van der Waals surface area contributed by atoms with E-state index in [1.165, 1.54) is 7.11 Å². The zero-order valence-corrected chi connectivity index (χ0v) is 15.3. The molecule has 0 amide bonds. The SMILES string of the molecule is COC(=O)[C@]12C3=N[C@@H](c4ccc(Cl)cc4)[C@H]1CO[C@H]2C=C(Br)C=C3. The minimum absolute atomic E-state index is 0.106. The van der Waals surface area contributed by atoms with Crippen molar-refractivity contribution in [2.75, 3.05) is 13.7 Å². The Morgan fingerprint density at radius 3 is 2.83 bits per heavy atom. The van der Waals surface area contributed by atoms with Gasteiger partial charge in [-0.2, -0.15) is 0 Å². The summed E-state index contributed by atoms with van der Waals surface area (Å²) in [7, 11) is 1.41. The second-order valence-electron chi connectivity index (χ2n) is 6.12. The molecule has 3 aliphatic rings. The molecule has 0 saturated carbocycles. The fraction of sp³-hybridized carbons (Fsp3) is 0.333. The van der Waals surface area contributed by atoms with Crippen LogP contribution in [0.15, 0.2) is 52.0 Å². The molecule has 24 heavy (non-hydrogen) atoms. The van der Waals surface area contributed by atoms with Gasteiger partial charge < -0.3 is 9.47 Å². The zero-order chi connectivity index (χ0) is 16.9. The van der Waals surface area contributed by atoms with E-state index in [2.05, 4.69) is 15.9 Å². The highest BCUT2D eigenvalue weighted by molar-refractivity contribution is 9.11. The third-order valence-corrected chi connectivity index (χ3v) is 5.80. The number of hydrogen-bond donors (Lipinski definition) is 0. The number of methoxy groups -OCH3 is 1. The lowest BCUT2D eigenvalue weighted by atomic mass is 9.69. The van der Waals surface area contributed by atoms with Gasteiger partial charge in [0.25, 0.3) is 0 Å². The number of carbonyl (C=O) groups is 1. The fourth-order valence-electron chi connectivity index (χ4n) is 3.93. The van der Waals surface area contributed by atoms with Crippen molar-refractivity contribution in [2.24, 2.45) is 16.3 Å². The van der Waals surface area contributed by atoms with Crippen molar-refractivity contribution in [1.29, 1.82) is 0 Å². The van der Waals surface area contributed by atoms with E-state index >= 15 is 0 Å². The number of esters is 1. The lowest BCUT2D eigenvalue weighted by Crippen LogP contribution is -2.47. The number of hydrogen-bond acceptors (Lipinski definition) is 4. The molecule has 1 aromatic rings. The highest BCUT2D eigenvalue weighted by atomic mass is 79.9. The molecule has 0 spiro atoms. The molecule has 0 bridgehead atoms. The second-order valence-corrected chi connectivity index (χ2v) is 7.47. The number of allylic oxidation sites excluding steroid dienone is 3. The maximum atomic E-state index is 12.8. The molecule has 2 aliphatic heterocycles. The highest BCUT2D eigenvalue weighted by Gasteiger charge is 2.65. The van der Waals surface area contributed by atoms with E-state index in [4.69, 9.17) is 26.1 Å². The highest BCUT2D eigenvalue weighted by Crippen LogP contribution is 2.56. The van der Waals surface area contributed by atoms with E-state index < -0.39 is 11.5 Å². The summed E-state index contributed by atoms with van der Waals surface area (Å²) in [5.41, 5.74) is 0.840. The van der Waals surface area contributed by atoms with Gasteiger partial charge in [-0.15, -0.1) is 0 Å². The summed E-state index contributed by atoms with van der Waals surface area (Å²) in [6.07, 6.45) is 5.30. The van der Waals surface area contributed by atoms with Gasteiger partial charge >= 0.3 is 5.97 Å². The molecule has 0 aromatic heterocycles. The van der Waals surface area contributed by atoms with Gasteiger partial charge in [0.2, 0.25) is 0 Å². The Bertz CT molecular complexity index is 786. The number of nitrogens with zero attached hydrogens (tertiary/aromatic N) is 1. The fourth-order valence-corrected chi connectivity index (χ4v) is 4.43. The van der Waals surface area contributed by atoms with E-state index in [1.54, 1.807) is 0 Å². The Morgan fingerprint density at radius 1 is 1.38 bits per heavy atom. The Balaban J connectivity index is 1.87. The molecule has 4 nitrogen and oxygen atoms in total. The summed E-state index contributed by atoms with van der Waals surface area (Å²) >= 11 is 9.48. The average Bonchev–Trinajstić information content (AvgIpc) is 3.05. The molecular formula is C18H15BrClNO3. The van der Waals surface area contributed by atoms with Crippen molar-refractivity contribution >= 4 is 39.2 Å². The van der Waals surface area contributed by atoms with Crippen LogP contribution in [0.4, 0.5) is 0 Å². The van der Waals surface area contributed by atoms with Crippen molar-refractivity contribution in [3.63, 3.8) is 0 Å². The lowest BCUT2D eigenvalue weighted by molar-refractivity contribution is -0.151. The molecule has 124 valence electrons. The normalized spacial score (nSPS) is 33.5. The first-order valence-electron chi connectivity index (χ1n) is 7.66. The average molecular weight is 409 g/mol. The lowest BCUT2D eigenvalue weighted by Gasteiger charge is -2.30. The van der Waals surface area contributed by atoms with Gasteiger partial charge in [0, 0.05) is 15.4 Å². The molecule has 4 rings (SSSR count). The van der Waals surface area contributed by atoms with E-state index in [0.717, 1.165) is 10.0 Å². The number of benzene rings is 1. The summed E-state index contributed by atoms with van der Waals surface area (Å²) in [6, 6.07) is 7.44. The minimum Gasteiger partial charge on any atom is -0.468 e. The Morgan fingerprint density at radius 2 is 2.12 bits per heavy atom. The van der Waals surface area contributed by atoms with E-state index in [1.807, 2.05) is 42.5 Å². The third-order valence-electron chi connectivity index (χ3n) is 5.02. The van der Waals surface area contributed by atoms with Crippen molar-refractivity contribution < 1.29 is 14.3 Å². The van der Waals surface area contributed by atoms with Crippen molar-refractivity contribution in [2.45, 2.75) is 12.1 Å². The van der Waals surface area contributed by atoms with Gasteiger partial charge in [-0.05, 0) is 35.9 Å². The van der Waals surface area contributed by atoms with E-state index in [-0.39, 0.29) is 17.9 Å². The van der Waals surface area contributed by atoms with Crippen LogP contribution in [-0.4, -0.2) is 31.5 Å². The second kappa shape index (κ2) is 5.83. The van der Waals surface area contributed by atoms with Gasteiger partial charge in [-0.25, -0.2) is 0 Å². The van der Waals surface area contributed by atoms with E-state index in [9.17, 15) is 4.79 Å². The third kappa shape index (κ3) is 2.15. The van der Waals surface area contributed by atoms with E-state index in [0.29, 0.717) is 17.3 Å². The number of ether oxygens (including phenoxy) is 2. The molecular weight excluding hydrogens is 394 g/mol. The summed E-state index contributed by atoms with van der Waals surface area (Å²) in [5.74, 6) is -0.404. The molecule has 0 N–H and O–H groups in total. The predicted octanol–water partition coefficient (Wildman–Crippen LogP) is 3.86. The summed E-state index contributed by atoms with van der Waals surface area (Å²) in [6.45, 7) is 0.449. The van der Waals surface area contributed by atoms with Gasteiger partial charge in [0.15, 0.2) is 0 Å². The summed E-state index contributed by atoms with van der Waals surface area (Å²) in [4.78, 5) is 17.7. The molecule has 6 heteroatoms. The molecule has 1 aromatic carbocycles. The van der Waals surface area contributed by atoms with Crippen molar-refractivity contribution in [1.82, 2.24) is 0 Å². The Hall–Kier alpha value is -1.43. The van der Waals surface area contributed by atoms with Crippen LogP contribution in [0, 0.1) is 11.3 Å². The largest absolute Gasteiger partial charge is 0.468 e. The first kappa shape index (κ1) is 16.1. The zero-order valence-electron chi connectivity index (χ0n) is 12.9. The van der Waals surface area contributed by atoms with Gasteiger partial charge in [-0.1, -0.05) is 39.7 Å². The van der Waals surface area contributed by atoms with Gasteiger partial charge in [-0.3, -0.25) is 9.79 Å². The maximum Gasteiger partial charge on any atom is 0.321 e. The van der Waals surface area contributed by atoms with Crippen LogP contribution in [-0.2, 0) is 14.3 Å². The summed E-state index contributed by atoms with van der Waals surface area (Å²) in [5, 5.41) is 0.675. The number of rotatable bonds is 2. The van der Waals surface area contributed by atoms with Crippen LogP contribution in [0.25, 0.3) is 0 Å². The van der Waals surface area contributed by atoms with Gasteiger partial charge in [0.05, 0.1) is 31.6 Å². The molecule has 1 saturated heterocycles. The van der Waals surface area contributed by atoms with Crippen LogP contribution in [0.2, 0.25) is 5.02 Å². The Kier molecular flexibility index (Phi) is 3.90. The molecule has 0 unspecified atom stereocenters. The number of carbonyl (C=O) groups excluding carboxylic acids is 1. The van der Waals surface area contributed by atoms with Crippen LogP contribution in [0.1, 0.15) is 11.6 Å². The molecule has 4 atom stereocenters. The van der Waals surface area contributed by atoms with Crippen LogP contribution < -0.4 is 0 Å². The Labute approximate surface area is 153 Å². The van der Waals surface area contributed by atoms with Crippen LogP contribution in [0.5, 0.6) is 0 Å². The van der Waals surface area contributed by atoms with Crippen molar-refractivity contribution in [3.8, 4) is 0 Å². The van der Waals surface area contributed by atoms with Crippen LogP contribution >= 0.6 is 27.5 Å². The molecule has 2 heterocycles. The van der Waals surface area contributed by atoms with Gasteiger partial charge in [0.1, 0.15) is 5.41 Å². The monoisotopic (exact) mass is 407 g/mol. The standard InChI is InChI=1S/C18H15BrClNO3/c1-23-17(22)18-13-9-24-15(18)8-11(19)4-7-14(18)21-16(13)10-2-5-12(20)6-3-10/h2-8,13,15-16H,9H2,1H3/t13-,15+,16+,18+/m1/s1. The maximum absolute atomic E-state index is 12.8. The smallest absolute Gasteiger partial charge is 0.321 e. The minimum atomic E-state index is -0.898. The molecule has 1 aliphatic carbocycles. The summed E-state index contributed by atoms with van der Waals surface area (Å²) < 4.78 is 12.0. The number of halogens is 2. The van der Waals surface area contributed by atoms with Crippen molar-refractivity contribution in [3.05, 3.63) is 57.6 Å². The van der Waals surface area contributed by atoms with Crippen LogP contribution in [0.3, 0.4) is 0 Å². The predicted molar refractivity (Wildman–Crippen MR) is 95.5 cm³/mol. The topological polar surface area (TPSA) is 47.9 Å². The molecule has 0 radical (unpaired) electrons. The first-order valence-corrected chi connectivity index (χ1v) is 8.83. The quantitative estimate of drug-likeness (QED) is 0.698. The first-order chi connectivity index (χ1) is 11.6.